The monoisotopic (exact) mass is 270 g/mol. The van der Waals surface area contributed by atoms with Crippen molar-refractivity contribution in [3.05, 3.63) is 65.8 Å². The van der Waals surface area contributed by atoms with Crippen LogP contribution in [0.15, 0.2) is 60.9 Å². The largest absolute Gasteiger partial charge is 0.467 e. The van der Waals surface area contributed by atoms with Crippen LogP contribution in [-0.2, 0) is 4.74 Å². The fraction of sp³-hybridized carbons (Fsp3) is 0.133. The van der Waals surface area contributed by atoms with Crippen molar-refractivity contribution in [3.8, 4) is 0 Å². The highest BCUT2D eigenvalue weighted by Gasteiger charge is 2.27. The van der Waals surface area contributed by atoms with Crippen LogP contribution in [-0.4, -0.2) is 11.2 Å². The molecule has 0 fully saturated rings. The van der Waals surface area contributed by atoms with Crippen LogP contribution in [0.4, 0.5) is 5.69 Å². The second-order valence-corrected chi connectivity index (χ2v) is 5.09. The molecule has 1 atom stereocenters. The zero-order valence-corrected chi connectivity index (χ0v) is 11.2. The Balaban J connectivity index is 1.92. The van der Waals surface area contributed by atoms with E-state index in [0.29, 0.717) is 0 Å². The molecule has 0 amide bonds. The van der Waals surface area contributed by atoms with Crippen LogP contribution in [0.3, 0.4) is 0 Å². The Morgan fingerprint density at radius 3 is 2.89 bits per heavy atom. The summed E-state index contributed by atoms with van der Waals surface area (Å²) in [6, 6.07) is 10.2. The van der Waals surface area contributed by atoms with Gasteiger partial charge in [-0.05, 0) is 12.1 Å². The Bertz CT molecular complexity index is 577. The Morgan fingerprint density at radius 2 is 2.21 bits per heavy atom. The van der Waals surface area contributed by atoms with Crippen LogP contribution in [0.5, 0.6) is 0 Å². The Morgan fingerprint density at radius 1 is 1.37 bits per heavy atom. The number of rotatable bonds is 4. The van der Waals surface area contributed by atoms with Gasteiger partial charge in [-0.1, -0.05) is 24.3 Å². The third-order valence-electron chi connectivity index (χ3n) is 2.93. The molecule has 0 bridgehead atoms. The average Bonchev–Trinajstić information content (AvgIpc) is 3.08. The molecule has 0 N–H and O–H groups in total. The maximum atomic E-state index is 6.00. The smallest absolute Gasteiger partial charge is 0.179 e. The molecule has 3 nitrogen and oxygen atoms in total. The van der Waals surface area contributed by atoms with Crippen LogP contribution >= 0.6 is 11.3 Å². The van der Waals surface area contributed by atoms with Crippen molar-refractivity contribution in [2.24, 2.45) is 0 Å². The fourth-order valence-corrected chi connectivity index (χ4v) is 2.62. The van der Waals surface area contributed by atoms with E-state index in [-0.39, 0.29) is 6.23 Å². The number of hydrogen-bond acceptors (Lipinski definition) is 4. The standard InChI is InChI=1S/C15H14N2OS/c1-2-6-15-17(12-7-4-3-5-8-12)10-13(18-15)14-9-16-11-19-14/h2-5,7-11,15H,1,6H2. The molecule has 96 valence electrons. The molecule has 0 aliphatic carbocycles. The van der Waals surface area contributed by atoms with E-state index in [1.54, 1.807) is 11.3 Å². The summed E-state index contributed by atoms with van der Waals surface area (Å²) in [6.45, 7) is 3.80. The van der Waals surface area contributed by atoms with Crippen LogP contribution in [0, 0.1) is 0 Å². The summed E-state index contributed by atoms with van der Waals surface area (Å²) in [5.74, 6) is 0.873. The van der Waals surface area contributed by atoms with Crippen molar-refractivity contribution in [2.75, 3.05) is 4.90 Å². The summed E-state index contributed by atoms with van der Waals surface area (Å²) in [5, 5.41) is 0. The van der Waals surface area contributed by atoms with Crippen molar-refractivity contribution in [1.29, 1.82) is 0 Å². The predicted molar refractivity (Wildman–Crippen MR) is 78.7 cm³/mol. The summed E-state index contributed by atoms with van der Waals surface area (Å²) in [4.78, 5) is 7.28. The van der Waals surface area contributed by atoms with E-state index in [9.17, 15) is 0 Å². The number of nitrogens with zero attached hydrogens (tertiary/aromatic N) is 2. The van der Waals surface area contributed by atoms with E-state index in [1.807, 2.05) is 42.2 Å². The van der Waals surface area contributed by atoms with Gasteiger partial charge in [0, 0.05) is 18.3 Å². The maximum Gasteiger partial charge on any atom is 0.179 e. The lowest BCUT2D eigenvalue weighted by molar-refractivity contribution is 0.196. The highest BCUT2D eigenvalue weighted by Crippen LogP contribution is 2.33. The van der Waals surface area contributed by atoms with Crippen molar-refractivity contribution in [2.45, 2.75) is 12.6 Å². The van der Waals surface area contributed by atoms with Crippen LogP contribution < -0.4 is 4.90 Å². The van der Waals surface area contributed by atoms with Crippen LogP contribution in [0.2, 0.25) is 0 Å². The lowest BCUT2D eigenvalue weighted by atomic mass is 10.2. The molecular formula is C15H14N2OS. The molecule has 1 aromatic heterocycles. The second-order valence-electron chi connectivity index (χ2n) is 4.20. The van der Waals surface area contributed by atoms with Gasteiger partial charge in [0.05, 0.1) is 16.6 Å². The van der Waals surface area contributed by atoms with E-state index >= 15 is 0 Å². The van der Waals surface area contributed by atoms with Crippen LogP contribution in [0.25, 0.3) is 5.76 Å². The second kappa shape index (κ2) is 5.28. The Hall–Kier alpha value is -2.07. The predicted octanol–water partition coefficient (Wildman–Crippen LogP) is 3.88. The molecule has 2 aromatic rings. The summed E-state index contributed by atoms with van der Waals surface area (Å²) in [6.07, 6.45) is 6.49. The molecule has 4 heteroatoms. The zero-order chi connectivity index (χ0) is 13.1. The first-order chi connectivity index (χ1) is 9.38. The van der Waals surface area contributed by atoms with Crippen molar-refractivity contribution >= 4 is 22.8 Å². The third-order valence-corrected chi connectivity index (χ3v) is 3.72. The number of ether oxygens (including phenoxy) is 1. The van der Waals surface area contributed by atoms with Gasteiger partial charge < -0.3 is 9.64 Å². The number of anilines is 1. The van der Waals surface area contributed by atoms with Crippen molar-refractivity contribution in [3.63, 3.8) is 0 Å². The van der Waals surface area contributed by atoms with Gasteiger partial charge >= 0.3 is 0 Å². The zero-order valence-electron chi connectivity index (χ0n) is 10.4. The van der Waals surface area contributed by atoms with E-state index in [0.717, 1.165) is 22.7 Å². The van der Waals surface area contributed by atoms with Crippen LogP contribution in [0.1, 0.15) is 11.3 Å². The molecule has 0 saturated carbocycles. The minimum atomic E-state index is -0.0306. The molecule has 1 aliphatic heterocycles. The van der Waals surface area contributed by atoms with Crippen molar-refractivity contribution in [1.82, 2.24) is 4.98 Å². The first-order valence-corrected chi connectivity index (χ1v) is 6.98. The normalized spacial score (nSPS) is 18.0. The molecule has 0 spiro atoms. The summed E-state index contributed by atoms with van der Waals surface area (Å²) in [7, 11) is 0. The highest BCUT2D eigenvalue weighted by atomic mass is 32.1. The fourth-order valence-electron chi connectivity index (χ4n) is 2.05. The molecule has 3 rings (SSSR count). The van der Waals surface area contributed by atoms with E-state index in [1.165, 1.54) is 0 Å². The summed E-state index contributed by atoms with van der Waals surface area (Å²) in [5.41, 5.74) is 2.93. The van der Waals surface area contributed by atoms with Gasteiger partial charge in [0.2, 0.25) is 0 Å². The maximum absolute atomic E-state index is 6.00. The molecule has 0 saturated heterocycles. The number of thiazole rings is 1. The Labute approximate surface area is 116 Å². The highest BCUT2D eigenvalue weighted by molar-refractivity contribution is 7.10. The minimum Gasteiger partial charge on any atom is -0.467 e. The SMILES string of the molecule is C=CCC1OC(c2cncs2)=CN1c1ccccc1. The average molecular weight is 270 g/mol. The Kier molecular flexibility index (Phi) is 3.33. The van der Waals surface area contributed by atoms with Gasteiger partial charge in [0.25, 0.3) is 0 Å². The summed E-state index contributed by atoms with van der Waals surface area (Å²) < 4.78 is 6.00. The molecule has 1 unspecified atom stereocenters. The van der Waals surface area contributed by atoms with Gasteiger partial charge in [0.1, 0.15) is 0 Å². The first kappa shape index (κ1) is 12.0. The molecule has 2 heterocycles. The third kappa shape index (κ3) is 2.39. The quantitative estimate of drug-likeness (QED) is 0.788. The lowest BCUT2D eigenvalue weighted by Crippen LogP contribution is -2.26. The number of para-hydroxylation sites is 1. The number of benzene rings is 1. The van der Waals surface area contributed by atoms with Gasteiger partial charge in [0.15, 0.2) is 12.0 Å². The summed E-state index contributed by atoms with van der Waals surface area (Å²) >= 11 is 1.58. The molecule has 1 aliphatic rings. The van der Waals surface area contributed by atoms with E-state index < -0.39 is 0 Å². The van der Waals surface area contributed by atoms with Gasteiger partial charge in [-0.15, -0.1) is 17.9 Å². The topological polar surface area (TPSA) is 25.4 Å². The number of hydrogen-bond donors (Lipinski definition) is 0. The van der Waals surface area contributed by atoms with Crippen molar-refractivity contribution < 1.29 is 4.74 Å². The molecule has 0 radical (unpaired) electrons. The minimum absolute atomic E-state index is 0.0306. The van der Waals surface area contributed by atoms with E-state index in [4.69, 9.17) is 4.74 Å². The van der Waals surface area contributed by atoms with E-state index in [2.05, 4.69) is 28.6 Å². The molecule has 1 aromatic carbocycles. The van der Waals surface area contributed by atoms with Gasteiger partial charge in [-0.25, -0.2) is 0 Å². The molecular weight excluding hydrogens is 256 g/mol. The molecule has 19 heavy (non-hydrogen) atoms. The van der Waals surface area contributed by atoms with Gasteiger partial charge in [-0.2, -0.15) is 0 Å². The lowest BCUT2D eigenvalue weighted by Gasteiger charge is -2.23. The first-order valence-electron chi connectivity index (χ1n) is 6.10. The van der Waals surface area contributed by atoms with Gasteiger partial charge in [-0.3, -0.25) is 4.98 Å². The number of aromatic nitrogens is 1.